The fourth-order valence-corrected chi connectivity index (χ4v) is 4.42. The third kappa shape index (κ3) is 5.41. The molecular formula is C22H19Cl2N7O2S. The zero-order valence-electron chi connectivity index (χ0n) is 18.3. The van der Waals surface area contributed by atoms with Crippen LogP contribution < -0.4 is 15.4 Å². The number of amides is 2. The molecule has 174 valence electrons. The van der Waals surface area contributed by atoms with Gasteiger partial charge in [0, 0.05) is 30.2 Å². The van der Waals surface area contributed by atoms with Gasteiger partial charge in [-0.25, -0.2) is 24.7 Å². The van der Waals surface area contributed by atoms with Crippen molar-refractivity contribution in [2.24, 2.45) is 0 Å². The van der Waals surface area contributed by atoms with E-state index < -0.39 is 0 Å². The Morgan fingerprint density at radius 3 is 2.38 bits per heavy atom. The van der Waals surface area contributed by atoms with Gasteiger partial charge in [-0.3, -0.25) is 10.3 Å². The minimum Gasteiger partial charge on any atom is -0.497 e. The van der Waals surface area contributed by atoms with Crippen LogP contribution in [0.25, 0.3) is 33.3 Å². The van der Waals surface area contributed by atoms with Gasteiger partial charge in [-0.15, -0.1) is 0 Å². The molecule has 0 fully saturated rings. The van der Waals surface area contributed by atoms with E-state index in [2.05, 4.69) is 35.6 Å². The number of nitrogens with zero attached hydrogens (tertiary/aromatic N) is 5. The Hall–Kier alpha value is -3.34. The molecule has 0 spiro atoms. The number of hydrogen-bond acceptors (Lipinski definition) is 8. The van der Waals surface area contributed by atoms with E-state index in [9.17, 15) is 4.79 Å². The average molecular weight is 516 g/mol. The summed E-state index contributed by atoms with van der Waals surface area (Å²) in [5, 5.41) is 6.65. The van der Waals surface area contributed by atoms with Crippen molar-refractivity contribution < 1.29 is 9.53 Å². The first-order valence-corrected chi connectivity index (χ1v) is 11.6. The minimum absolute atomic E-state index is 0.00242. The molecule has 0 aliphatic rings. The highest BCUT2D eigenvalue weighted by atomic mass is 35.5. The molecule has 3 aromatic heterocycles. The summed E-state index contributed by atoms with van der Waals surface area (Å²) in [6, 6.07) is 4.74. The SMILES string of the molecule is COc1cc(Cl)c(-c2cc(-c3cnc(NC(=O)NC(C)C)s3)nc(-c3cnccn3)n2)c(Cl)c1. The van der Waals surface area contributed by atoms with E-state index in [0.717, 1.165) is 0 Å². The van der Waals surface area contributed by atoms with Crippen LogP contribution in [0.4, 0.5) is 9.93 Å². The van der Waals surface area contributed by atoms with Crippen LogP contribution in [0.2, 0.25) is 10.0 Å². The Bertz CT molecular complexity index is 1310. The largest absolute Gasteiger partial charge is 0.497 e. The van der Waals surface area contributed by atoms with Crippen LogP contribution >= 0.6 is 34.5 Å². The first-order valence-electron chi connectivity index (χ1n) is 10.1. The fourth-order valence-electron chi connectivity index (χ4n) is 2.99. The Balaban J connectivity index is 1.80. The number of rotatable bonds is 6. The smallest absolute Gasteiger partial charge is 0.321 e. The molecule has 0 saturated heterocycles. The van der Waals surface area contributed by atoms with Crippen LogP contribution in [0, 0.1) is 0 Å². The van der Waals surface area contributed by atoms with E-state index >= 15 is 0 Å². The summed E-state index contributed by atoms with van der Waals surface area (Å²) in [5.74, 6) is 0.865. The molecule has 0 saturated carbocycles. The minimum atomic E-state index is -0.337. The molecule has 0 bridgehead atoms. The molecule has 0 aliphatic carbocycles. The number of hydrogen-bond donors (Lipinski definition) is 2. The van der Waals surface area contributed by atoms with E-state index in [1.807, 2.05) is 13.8 Å². The lowest BCUT2D eigenvalue weighted by Gasteiger charge is -2.11. The van der Waals surface area contributed by atoms with Crippen LogP contribution in [-0.4, -0.2) is 44.1 Å². The lowest BCUT2D eigenvalue weighted by molar-refractivity contribution is 0.250. The van der Waals surface area contributed by atoms with E-state index in [1.165, 1.54) is 18.4 Å². The summed E-state index contributed by atoms with van der Waals surface area (Å²) in [4.78, 5) is 34.8. The summed E-state index contributed by atoms with van der Waals surface area (Å²) in [7, 11) is 1.54. The van der Waals surface area contributed by atoms with E-state index in [1.54, 1.807) is 43.0 Å². The summed E-state index contributed by atoms with van der Waals surface area (Å²) in [5.41, 5.74) is 2.05. The first kappa shape index (κ1) is 23.8. The topological polar surface area (TPSA) is 115 Å². The number of urea groups is 1. The normalized spacial score (nSPS) is 10.9. The van der Waals surface area contributed by atoms with Gasteiger partial charge in [-0.1, -0.05) is 34.5 Å². The van der Waals surface area contributed by atoms with Crippen LogP contribution in [-0.2, 0) is 0 Å². The zero-order valence-corrected chi connectivity index (χ0v) is 20.7. The molecule has 0 unspecified atom stereocenters. The molecule has 2 N–H and O–H groups in total. The van der Waals surface area contributed by atoms with Gasteiger partial charge < -0.3 is 10.1 Å². The Labute approximate surface area is 209 Å². The second-order valence-corrected chi connectivity index (χ2v) is 9.15. The Morgan fingerprint density at radius 1 is 1.00 bits per heavy atom. The quantitative estimate of drug-likeness (QED) is 0.344. The Morgan fingerprint density at radius 2 is 1.74 bits per heavy atom. The van der Waals surface area contributed by atoms with Gasteiger partial charge in [-0.2, -0.15) is 0 Å². The van der Waals surface area contributed by atoms with Crippen LogP contribution in [0.15, 0.2) is 43.0 Å². The molecule has 4 aromatic rings. The maximum Gasteiger partial charge on any atom is 0.321 e. The van der Waals surface area contributed by atoms with Crippen molar-refractivity contribution >= 4 is 45.7 Å². The number of benzene rings is 1. The third-order valence-corrected chi connectivity index (χ3v) is 5.96. The van der Waals surface area contributed by atoms with E-state index in [4.69, 9.17) is 27.9 Å². The zero-order chi connectivity index (χ0) is 24.2. The summed E-state index contributed by atoms with van der Waals surface area (Å²) in [6.45, 7) is 3.75. The molecule has 0 atom stereocenters. The van der Waals surface area contributed by atoms with Crippen molar-refractivity contribution in [1.82, 2.24) is 30.2 Å². The van der Waals surface area contributed by atoms with E-state index in [-0.39, 0.29) is 12.1 Å². The predicted octanol–water partition coefficient (Wildman–Crippen LogP) is 5.57. The lowest BCUT2D eigenvalue weighted by Crippen LogP contribution is -2.34. The maximum absolute atomic E-state index is 12.0. The number of anilines is 1. The van der Waals surface area contributed by atoms with Crippen molar-refractivity contribution in [2.45, 2.75) is 19.9 Å². The van der Waals surface area contributed by atoms with Crippen molar-refractivity contribution in [1.29, 1.82) is 0 Å². The van der Waals surface area contributed by atoms with Crippen molar-refractivity contribution in [3.05, 3.63) is 53.0 Å². The van der Waals surface area contributed by atoms with Gasteiger partial charge >= 0.3 is 6.03 Å². The van der Waals surface area contributed by atoms with Crippen molar-refractivity contribution in [2.75, 3.05) is 12.4 Å². The van der Waals surface area contributed by atoms with Crippen molar-refractivity contribution in [3.63, 3.8) is 0 Å². The highest BCUT2D eigenvalue weighted by molar-refractivity contribution is 7.19. The van der Waals surface area contributed by atoms with Crippen LogP contribution in [0.1, 0.15) is 13.8 Å². The van der Waals surface area contributed by atoms with Gasteiger partial charge in [0.15, 0.2) is 11.0 Å². The van der Waals surface area contributed by atoms with Gasteiger partial charge in [0.05, 0.1) is 39.6 Å². The third-order valence-electron chi connectivity index (χ3n) is 4.42. The van der Waals surface area contributed by atoms with Gasteiger partial charge in [0.1, 0.15) is 11.4 Å². The van der Waals surface area contributed by atoms with Crippen molar-refractivity contribution in [3.8, 4) is 39.1 Å². The second-order valence-electron chi connectivity index (χ2n) is 7.30. The molecule has 12 heteroatoms. The number of aromatic nitrogens is 5. The maximum atomic E-state index is 12.0. The van der Waals surface area contributed by atoms with Gasteiger partial charge in [0.25, 0.3) is 0 Å². The molecule has 1 aromatic carbocycles. The number of thiazole rings is 1. The second kappa shape index (κ2) is 10.3. The Kier molecular flexibility index (Phi) is 7.20. The highest BCUT2D eigenvalue weighted by Gasteiger charge is 2.18. The standard InChI is InChI=1S/C22H19Cl2N7O2S/c1-11(2)28-21(32)31-22-27-10-18(34-22)15-8-16(19-13(23)6-12(33-3)7-14(19)24)30-20(29-15)17-9-25-4-5-26-17/h4-11H,1-3H3,(H2,27,28,31,32). The summed E-state index contributed by atoms with van der Waals surface area (Å²) < 4.78 is 5.25. The number of halogens is 2. The summed E-state index contributed by atoms with van der Waals surface area (Å²) in [6.07, 6.45) is 6.31. The van der Waals surface area contributed by atoms with Crippen LogP contribution in [0.5, 0.6) is 5.75 Å². The molecule has 0 radical (unpaired) electrons. The van der Waals surface area contributed by atoms with Gasteiger partial charge in [-0.05, 0) is 32.0 Å². The fraction of sp³-hybridized carbons (Fsp3) is 0.182. The number of nitrogens with one attached hydrogen (secondary N) is 2. The molecular weight excluding hydrogens is 497 g/mol. The molecule has 4 rings (SSSR count). The number of methoxy groups -OCH3 is 1. The number of carbonyl (C=O) groups excluding carboxylic acids is 1. The molecule has 0 aliphatic heterocycles. The van der Waals surface area contributed by atoms with Gasteiger partial charge in [0.2, 0.25) is 0 Å². The average Bonchev–Trinajstić information content (AvgIpc) is 3.26. The van der Waals surface area contributed by atoms with E-state index in [0.29, 0.717) is 54.3 Å². The monoisotopic (exact) mass is 515 g/mol. The molecule has 3 heterocycles. The highest BCUT2D eigenvalue weighted by Crippen LogP contribution is 2.39. The predicted molar refractivity (Wildman–Crippen MR) is 133 cm³/mol. The summed E-state index contributed by atoms with van der Waals surface area (Å²) >= 11 is 14.3. The molecule has 9 nitrogen and oxygen atoms in total. The lowest BCUT2D eigenvalue weighted by atomic mass is 10.1. The number of carbonyl (C=O) groups is 1. The number of ether oxygens (including phenoxy) is 1. The molecule has 34 heavy (non-hydrogen) atoms. The molecule has 2 amide bonds. The first-order chi connectivity index (χ1) is 16.3. The van der Waals surface area contributed by atoms with Crippen LogP contribution in [0.3, 0.4) is 0 Å².